The summed E-state index contributed by atoms with van der Waals surface area (Å²) in [5.74, 6) is 2.47. The molecule has 7 heavy (non-hydrogen) atoms. The molecule has 0 bridgehead atoms. The van der Waals surface area contributed by atoms with Crippen LogP contribution in [-0.2, 0) is 0 Å². The van der Waals surface area contributed by atoms with E-state index in [4.69, 9.17) is 0 Å². The molecular weight excluding hydrogens is 106 g/mol. The lowest BCUT2D eigenvalue weighted by atomic mass is 10.8. The van der Waals surface area contributed by atoms with Crippen molar-refractivity contribution in [2.24, 2.45) is 0 Å². The van der Waals surface area contributed by atoms with Crippen LogP contribution in [0.3, 0.4) is 0 Å². The molecule has 1 heterocycles. The van der Waals surface area contributed by atoms with Crippen LogP contribution in [0.5, 0.6) is 0 Å². The number of nitrogens with one attached hydrogen (secondary N) is 1. The molecule has 2 heteroatoms. The minimum atomic E-state index is 1.17. The summed E-state index contributed by atoms with van der Waals surface area (Å²) in [5, 5.41) is 3.19. The molecule has 0 atom stereocenters. The SMILES string of the molecule is C1CSCN1.CC. The van der Waals surface area contributed by atoms with Crippen LogP contribution in [0.25, 0.3) is 0 Å². The van der Waals surface area contributed by atoms with Crippen LogP contribution in [0.2, 0.25) is 0 Å². The highest BCUT2D eigenvalue weighted by atomic mass is 32.2. The fourth-order valence-electron chi connectivity index (χ4n) is 0.361. The Morgan fingerprint density at radius 2 is 2.14 bits per heavy atom. The van der Waals surface area contributed by atoms with Gasteiger partial charge in [-0.25, -0.2) is 0 Å². The summed E-state index contributed by atoms with van der Waals surface area (Å²) in [6.45, 7) is 5.21. The van der Waals surface area contributed by atoms with Crippen LogP contribution in [-0.4, -0.2) is 18.2 Å². The summed E-state index contributed by atoms with van der Waals surface area (Å²) in [6.07, 6.45) is 0. The smallest absolute Gasteiger partial charge is 0.0418 e. The fourth-order valence-corrected chi connectivity index (χ4v) is 1.08. The van der Waals surface area contributed by atoms with E-state index in [1.54, 1.807) is 0 Å². The van der Waals surface area contributed by atoms with Crippen molar-refractivity contribution in [2.45, 2.75) is 13.8 Å². The maximum atomic E-state index is 3.19. The quantitative estimate of drug-likeness (QED) is 0.516. The lowest BCUT2D eigenvalue weighted by Crippen LogP contribution is -2.04. The standard InChI is InChI=1S/C3H7NS.C2H6/c1-2-5-3-4-1;1-2/h4H,1-3H2;1-2H3. The Hall–Kier alpha value is 0.310. The van der Waals surface area contributed by atoms with Crippen LogP contribution in [0.15, 0.2) is 0 Å². The second kappa shape index (κ2) is 6.31. The van der Waals surface area contributed by atoms with Crippen molar-refractivity contribution in [3.8, 4) is 0 Å². The van der Waals surface area contributed by atoms with Gasteiger partial charge in [0.25, 0.3) is 0 Å². The van der Waals surface area contributed by atoms with E-state index >= 15 is 0 Å². The third-order valence-corrected chi connectivity index (χ3v) is 1.53. The molecule has 44 valence electrons. The van der Waals surface area contributed by atoms with Crippen molar-refractivity contribution >= 4 is 11.8 Å². The van der Waals surface area contributed by atoms with E-state index < -0.39 is 0 Å². The van der Waals surface area contributed by atoms with Crippen molar-refractivity contribution in [2.75, 3.05) is 18.2 Å². The largest absolute Gasteiger partial charge is 0.307 e. The molecule has 0 amide bonds. The highest BCUT2D eigenvalue weighted by Gasteiger charge is 1.93. The first-order valence-corrected chi connectivity index (χ1v) is 3.94. The average Bonchev–Trinajstić information content (AvgIpc) is 2.23. The normalized spacial score (nSPS) is 18.0. The molecular formula is C5H13NS. The second-order valence-corrected chi connectivity index (χ2v) is 2.16. The van der Waals surface area contributed by atoms with E-state index in [-0.39, 0.29) is 0 Å². The zero-order chi connectivity index (χ0) is 5.54. The lowest BCUT2D eigenvalue weighted by molar-refractivity contribution is 0.885. The Morgan fingerprint density at radius 1 is 1.43 bits per heavy atom. The molecule has 0 unspecified atom stereocenters. The first-order valence-electron chi connectivity index (χ1n) is 2.78. The Labute approximate surface area is 49.9 Å². The third-order valence-electron chi connectivity index (χ3n) is 0.627. The first kappa shape index (κ1) is 7.31. The molecule has 1 aliphatic heterocycles. The molecule has 0 saturated carbocycles. The van der Waals surface area contributed by atoms with Crippen LogP contribution in [0.4, 0.5) is 0 Å². The topological polar surface area (TPSA) is 12.0 Å². The van der Waals surface area contributed by atoms with E-state index in [2.05, 4.69) is 5.32 Å². The Kier molecular flexibility index (Phi) is 6.59. The predicted molar refractivity (Wildman–Crippen MR) is 36.7 cm³/mol. The summed E-state index contributed by atoms with van der Waals surface area (Å²) in [6, 6.07) is 0. The van der Waals surface area contributed by atoms with Gasteiger partial charge in [-0.2, -0.15) is 0 Å². The van der Waals surface area contributed by atoms with Gasteiger partial charge in [0.15, 0.2) is 0 Å². The molecule has 1 saturated heterocycles. The summed E-state index contributed by atoms with van der Waals surface area (Å²) >= 11 is 1.96. The molecule has 1 N–H and O–H groups in total. The highest BCUT2D eigenvalue weighted by molar-refractivity contribution is 7.99. The summed E-state index contributed by atoms with van der Waals surface area (Å²) in [4.78, 5) is 0. The van der Waals surface area contributed by atoms with Gasteiger partial charge in [-0.3, -0.25) is 0 Å². The summed E-state index contributed by atoms with van der Waals surface area (Å²) in [7, 11) is 0. The van der Waals surface area contributed by atoms with Gasteiger partial charge in [-0.15, -0.1) is 11.8 Å². The molecule has 0 aromatic heterocycles. The van der Waals surface area contributed by atoms with Crippen molar-refractivity contribution in [1.82, 2.24) is 5.32 Å². The Morgan fingerprint density at radius 3 is 2.29 bits per heavy atom. The van der Waals surface area contributed by atoms with Gasteiger partial charge in [-0.05, 0) is 0 Å². The summed E-state index contributed by atoms with van der Waals surface area (Å²) < 4.78 is 0. The van der Waals surface area contributed by atoms with Gasteiger partial charge >= 0.3 is 0 Å². The Balaban J connectivity index is 0.000000162. The van der Waals surface area contributed by atoms with Crippen LogP contribution >= 0.6 is 11.8 Å². The van der Waals surface area contributed by atoms with Gasteiger partial charge in [0.05, 0.1) is 0 Å². The highest BCUT2D eigenvalue weighted by Crippen LogP contribution is 1.99. The van der Waals surface area contributed by atoms with Crippen molar-refractivity contribution in [3.05, 3.63) is 0 Å². The van der Waals surface area contributed by atoms with Gasteiger partial charge in [0, 0.05) is 18.2 Å². The van der Waals surface area contributed by atoms with Crippen LogP contribution in [0, 0.1) is 0 Å². The number of thioether (sulfide) groups is 1. The maximum Gasteiger partial charge on any atom is 0.0418 e. The molecule has 1 fully saturated rings. The van der Waals surface area contributed by atoms with Gasteiger partial charge in [0.2, 0.25) is 0 Å². The third kappa shape index (κ3) is 4.16. The number of hydrogen-bond acceptors (Lipinski definition) is 2. The monoisotopic (exact) mass is 119 g/mol. The van der Waals surface area contributed by atoms with E-state index in [0.717, 1.165) is 0 Å². The predicted octanol–water partition coefficient (Wildman–Crippen LogP) is 1.31. The molecule has 1 rings (SSSR count). The zero-order valence-electron chi connectivity index (χ0n) is 5.03. The fraction of sp³-hybridized carbons (Fsp3) is 1.00. The average molecular weight is 119 g/mol. The van der Waals surface area contributed by atoms with E-state index in [1.165, 1.54) is 18.2 Å². The Bertz CT molecular complexity index is 19.7. The molecule has 0 aliphatic carbocycles. The zero-order valence-corrected chi connectivity index (χ0v) is 5.85. The van der Waals surface area contributed by atoms with Gasteiger partial charge < -0.3 is 5.32 Å². The van der Waals surface area contributed by atoms with Crippen molar-refractivity contribution < 1.29 is 0 Å². The maximum absolute atomic E-state index is 3.19. The molecule has 1 aliphatic rings. The molecule has 0 aromatic carbocycles. The number of rotatable bonds is 0. The molecule has 0 aromatic rings. The second-order valence-electron chi connectivity index (χ2n) is 1.05. The summed E-state index contributed by atoms with van der Waals surface area (Å²) in [5.41, 5.74) is 0. The van der Waals surface area contributed by atoms with Gasteiger partial charge in [0.1, 0.15) is 0 Å². The van der Waals surface area contributed by atoms with E-state index in [1.807, 2.05) is 25.6 Å². The lowest BCUT2D eigenvalue weighted by Gasteiger charge is -1.74. The van der Waals surface area contributed by atoms with Crippen LogP contribution < -0.4 is 5.32 Å². The van der Waals surface area contributed by atoms with Crippen molar-refractivity contribution in [3.63, 3.8) is 0 Å². The van der Waals surface area contributed by atoms with Gasteiger partial charge in [-0.1, -0.05) is 13.8 Å². The first-order chi connectivity index (χ1) is 3.50. The molecule has 0 radical (unpaired) electrons. The molecule has 1 nitrogen and oxygen atoms in total. The molecule has 0 spiro atoms. The number of hydrogen-bond donors (Lipinski definition) is 1. The van der Waals surface area contributed by atoms with Crippen LogP contribution in [0.1, 0.15) is 13.8 Å². The van der Waals surface area contributed by atoms with E-state index in [0.29, 0.717) is 0 Å². The van der Waals surface area contributed by atoms with E-state index in [9.17, 15) is 0 Å². The van der Waals surface area contributed by atoms with Crippen molar-refractivity contribution in [1.29, 1.82) is 0 Å². The minimum Gasteiger partial charge on any atom is -0.307 e. The minimum absolute atomic E-state index is 1.17.